The van der Waals surface area contributed by atoms with Gasteiger partial charge in [0.2, 0.25) is 0 Å². The van der Waals surface area contributed by atoms with Gasteiger partial charge in [0.05, 0.1) is 6.10 Å². The van der Waals surface area contributed by atoms with Crippen LogP contribution in [0.5, 0.6) is 0 Å². The van der Waals surface area contributed by atoms with Crippen LogP contribution in [0.25, 0.3) is 0 Å². The molecule has 0 rings (SSSR count). The molecule has 10 heavy (non-hydrogen) atoms. The van der Waals surface area contributed by atoms with Crippen LogP contribution in [0.3, 0.4) is 0 Å². The van der Waals surface area contributed by atoms with E-state index in [2.05, 4.69) is 6.58 Å². The third kappa shape index (κ3) is 2.16. The van der Waals surface area contributed by atoms with Crippen molar-refractivity contribution in [3.8, 4) is 0 Å². The van der Waals surface area contributed by atoms with Crippen LogP contribution in [0.1, 0.15) is 13.3 Å². The highest BCUT2D eigenvalue weighted by Gasteiger charge is 2.12. The maximum Gasteiger partial charge on any atom is 0.272 e. The molecule has 0 saturated heterocycles. The maximum absolute atomic E-state index is 10.5. The minimum absolute atomic E-state index is 0.0231. The van der Waals surface area contributed by atoms with Crippen molar-refractivity contribution in [1.29, 1.82) is 0 Å². The zero-order valence-corrected chi connectivity index (χ0v) is 5.79. The summed E-state index contributed by atoms with van der Waals surface area (Å²) in [5, 5.41) is 17.0. The van der Waals surface area contributed by atoms with Crippen LogP contribution in [0.2, 0.25) is 0 Å². The van der Waals surface area contributed by atoms with E-state index in [1.54, 1.807) is 6.92 Å². The van der Waals surface area contributed by atoms with Gasteiger partial charge in [0.25, 0.3) is 5.91 Å². The number of amides is 1. The van der Waals surface area contributed by atoms with E-state index < -0.39 is 12.0 Å². The van der Waals surface area contributed by atoms with Gasteiger partial charge in [0, 0.05) is 5.57 Å². The van der Waals surface area contributed by atoms with E-state index in [-0.39, 0.29) is 5.57 Å². The molecule has 0 radical (unpaired) electrons. The summed E-state index contributed by atoms with van der Waals surface area (Å²) in [7, 11) is 0. The van der Waals surface area contributed by atoms with Gasteiger partial charge >= 0.3 is 0 Å². The average Bonchev–Trinajstić information content (AvgIpc) is 2.00. The van der Waals surface area contributed by atoms with Gasteiger partial charge in [-0.2, -0.15) is 0 Å². The molecule has 0 spiro atoms. The molecule has 3 N–H and O–H groups in total. The second-order valence-corrected chi connectivity index (χ2v) is 1.89. The second-order valence-electron chi connectivity index (χ2n) is 1.89. The van der Waals surface area contributed by atoms with Gasteiger partial charge in [-0.15, -0.1) is 0 Å². The number of hydroxylamine groups is 1. The first-order valence-electron chi connectivity index (χ1n) is 2.94. The molecule has 0 aliphatic heterocycles. The Bertz CT molecular complexity index is 144. The summed E-state index contributed by atoms with van der Waals surface area (Å²) in [5.41, 5.74) is 1.36. The van der Waals surface area contributed by atoms with Gasteiger partial charge in [0.15, 0.2) is 0 Å². The number of nitrogens with one attached hydrogen (secondary N) is 1. The molecular formula is C6H11NO3. The fourth-order valence-electron chi connectivity index (χ4n) is 0.470. The SMILES string of the molecule is C=C(C(=O)NO)C(O)CC. The van der Waals surface area contributed by atoms with Gasteiger partial charge < -0.3 is 5.11 Å². The Balaban J connectivity index is 3.95. The Kier molecular flexibility index (Phi) is 3.68. The van der Waals surface area contributed by atoms with Crippen molar-refractivity contribution in [1.82, 2.24) is 5.48 Å². The van der Waals surface area contributed by atoms with Crippen molar-refractivity contribution < 1.29 is 15.1 Å². The van der Waals surface area contributed by atoms with E-state index in [9.17, 15) is 4.79 Å². The van der Waals surface area contributed by atoms with Gasteiger partial charge in [-0.25, -0.2) is 5.48 Å². The van der Waals surface area contributed by atoms with Crippen molar-refractivity contribution in [3.05, 3.63) is 12.2 Å². The molecular weight excluding hydrogens is 134 g/mol. The monoisotopic (exact) mass is 145 g/mol. The lowest BCUT2D eigenvalue weighted by atomic mass is 10.1. The predicted octanol–water partition coefficient (Wildman–Crippen LogP) is -0.181. The Morgan fingerprint density at radius 3 is 2.60 bits per heavy atom. The Morgan fingerprint density at radius 1 is 1.80 bits per heavy atom. The zero-order valence-electron chi connectivity index (χ0n) is 5.79. The lowest BCUT2D eigenvalue weighted by molar-refractivity contribution is -0.126. The summed E-state index contributed by atoms with van der Waals surface area (Å²) in [4.78, 5) is 10.5. The van der Waals surface area contributed by atoms with Gasteiger partial charge in [-0.3, -0.25) is 10.0 Å². The van der Waals surface area contributed by atoms with Crippen LogP contribution in [0.4, 0.5) is 0 Å². The summed E-state index contributed by atoms with van der Waals surface area (Å²) in [6.07, 6.45) is -0.459. The first kappa shape index (κ1) is 9.13. The maximum atomic E-state index is 10.5. The number of aliphatic hydroxyl groups is 1. The molecule has 0 fully saturated rings. The van der Waals surface area contributed by atoms with Crippen molar-refractivity contribution in [2.75, 3.05) is 0 Å². The Labute approximate surface area is 59.1 Å². The summed E-state index contributed by atoms with van der Waals surface area (Å²) >= 11 is 0. The quantitative estimate of drug-likeness (QED) is 0.293. The standard InChI is InChI=1S/C6H11NO3/c1-3-5(8)4(2)6(9)7-10/h5,8,10H,2-3H2,1H3,(H,7,9). The van der Waals surface area contributed by atoms with Crippen molar-refractivity contribution in [2.24, 2.45) is 0 Å². The first-order chi connectivity index (χ1) is 4.63. The van der Waals surface area contributed by atoms with E-state index in [0.29, 0.717) is 6.42 Å². The number of carbonyl (C=O) groups excluding carboxylic acids is 1. The molecule has 4 nitrogen and oxygen atoms in total. The molecule has 0 aliphatic carbocycles. The van der Waals surface area contributed by atoms with Gasteiger partial charge in [-0.1, -0.05) is 13.5 Å². The third-order valence-electron chi connectivity index (χ3n) is 1.18. The van der Waals surface area contributed by atoms with Crippen LogP contribution in [0, 0.1) is 0 Å². The molecule has 0 aromatic rings. The molecule has 0 aromatic heterocycles. The van der Waals surface area contributed by atoms with E-state index in [1.165, 1.54) is 5.48 Å². The number of hydrogen-bond donors (Lipinski definition) is 3. The summed E-state index contributed by atoms with van der Waals surface area (Å²) in [5.74, 6) is -0.741. The summed E-state index contributed by atoms with van der Waals surface area (Å²) < 4.78 is 0. The van der Waals surface area contributed by atoms with Gasteiger partial charge in [-0.05, 0) is 6.42 Å². The summed E-state index contributed by atoms with van der Waals surface area (Å²) in [6.45, 7) is 4.98. The van der Waals surface area contributed by atoms with Crippen LogP contribution in [0.15, 0.2) is 12.2 Å². The van der Waals surface area contributed by atoms with E-state index >= 15 is 0 Å². The highest BCUT2D eigenvalue weighted by atomic mass is 16.5. The number of rotatable bonds is 3. The van der Waals surface area contributed by atoms with Crippen LogP contribution in [-0.4, -0.2) is 22.3 Å². The topological polar surface area (TPSA) is 69.6 Å². The van der Waals surface area contributed by atoms with Crippen LogP contribution < -0.4 is 5.48 Å². The van der Waals surface area contributed by atoms with E-state index in [0.717, 1.165) is 0 Å². The smallest absolute Gasteiger partial charge is 0.272 e. The zero-order chi connectivity index (χ0) is 8.15. The molecule has 0 aliphatic rings. The second kappa shape index (κ2) is 4.03. The molecule has 4 heteroatoms. The normalized spacial score (nSPS) is 12.3. The molecule has 1 amide bonds. The number of carbonyl (C=O) groups is 1. The highest BCUT2D eigenvalue weighted by molar-refractivity contribution is 5.92. The predicted molar refractivity (Wildman–Crippen MR) is 35.4 cm³/mol. The van der Waals surface area contributed by atoms with Crippen molar-refractivity contribution in [3.63, 3.8) is 0 Å². The number of aliphatic hydroxyl groups excluding tert-OH is 1. The number of hydrogen-bond acceptors (Lipinski definition) is 3. The first-order valence-corrected chi connectivity index (χ1v) is 2.94. The lowest BCUT2D eigenvalue weighted by Crippen LogP contribution is -2.26. The minimum Gasteiger partial charge on any atom is -0.388 e. The molecule has 0 bridgehead atoms. The Hall–Kier alpha value is -0.870. The largest absolute Gasteiger partial charge is 0.388 e. The minimum atomic E-state index is -0.868. The highest BCUT2D eigenvalue weighted by Crippen LogP contribution is 2.02. The average molecular weight is 145 g/mol. The van der Waals surface area contributed by atoms with Crippen molar-refractivity contribution >= 4 is 5.91 Å². The molecule has 58 valence electrons. The van der Waals surface area contributed by atoms with Crippen LogP contribution in [-0.2, 0) is 4.79 Å². The molecule has 0 aromatic carbocycles. The Morgan fingerprint density at radius 2 is 2.30 bits per heavy atom. The van der Waals surface area contributed by atoms with E-state index in [4.69, 9.17) is 10.3 Å². The summed E-state index contributed by atoms with van der Waals surface area (Å²) in [6, 6.07) is 0. The van der Waals surface area contributed by atoms with Gasteiger partial charge in [0.1, 0.15) is 0 Å². The van der Waals surface area contributed by atoms with E-state index in [1.807, 2.05) is 0 Å². The molecule has 1 atom stereocenters. The fourth-order valence-corrected chi connectivity index (χ4v) is 0.470. The fraction of sp³-hybridized carbons (Fsp3) is 0.500. The molecule has 0 heterocycles. The molecule has 1 unspecified atom stereocenters. The van der Waals surface area contributed by atoms with Crippen LogP contribution >= 0.6 is 0 Å². The molecule has 0 saturated carbocycles. The third-order valence-corrected chi connectivity index (χ3v) is 1.18. The van der Waals surface area contributed by atoms with Crippen molar-refractivity contribution in [2.45, 2.75) is 19.4 Å². The lowest BCUT2D eigenvalue weighted by Gasteiger charge is -2.07.